The third-order valence-electron chi connectivity index (χ3n) is 1.59. The molecule has 0 bridgehead atoms. The van der Waals surface area contributed by atoms with Crippen LogP contribution in [0, 0.1) is 0 Å². The Balaban J connectivity index is 3.09. The quantitative estimate of drug-likeness (QED) is 0.709. The van der Waals surface area contributed by atoms with Gasteiger partial charge in [0.05, 0.1) is 0 Å². The first-order valence-electron chi connectivity index (χ1n) is 3.48. The van der Waals surface area contributed by atoms with E-state index < -0.39 is 13.4 Å². The largest absolute Gasteiger partial charge is 0.346 e. The van der Waals surface area contributed by atoms with Crippen LogP contribution in [0.25, 0.3) is 0 Å². The summed E-state index contributed by atoms with van der Waals surface area (Å²) in [4.78, 5) is 17.7. The van der Waals surface area contributed by atoms with E-state index >= 15 is 0 Å². The van der Waals surface area contributed by atoms with Crippen LogP contribution in [0.15, 0.2) is 28.7 Å². The summed E-state index contributed by atoms with van der Waals surface area (Å²) < 4.78 is 11.4. The Kier molecular flexibility index (Phi) is 3.27. The van der Waals surface area contributed by atoms with Crippen LogP contribution in [0.2, 0.25) is 0 Å². The zero-order valence-electron chi connectivity index (χ0n) is 6.59. The van der Waals surface area contributed by atoms with Crippen molar-refractivity contribution in [3.05, 3.63) is 34.3 Å². The van der Waals surface area contributed by atoms with E-state index in [2.05, 4.69) is 15.9 Å². The molecule has 0 aromatic heterocycles. The van der Waals surface area contributed by atoms with Gasteiger partial charge in [0, 0.05) is 4.47 Å². The molecule has 4 nitrogen and oxygen atoms in total. The molecule has 0 aliphatic carbocycles. The van der Waals surface area contributed by atoms with Gasteiger partial charge in [0.25, 0.3) is 0 Å². The van der Waals surface area contributed by atoms with Gasteiger partial charge in [-0.15, -0.1) is 0 Å². The maximum absolute atomic E-state index is 10.8. The normalized spacial score (nSPS) is 14.2. The standard InChI is InChI=1S/C7H9BrNO3P/c8-6-4-2-1-3-5(6)7(9)13(10,11)12/h1-4,7H,9H2,(H2,10,11,12)/t7-/m1/s1. The summed E-state index contributed by atoms with van der Waals surface area (Å²) in [5, 5.41) is 0. The fourth-order valence-electron chi connectivity index (χ4n) is 0.896. The summed E-state index contributed by atoms with van der Waals surface area (Å²) in [7, 11) is -4.26. The topological polar surface area (TPSA) is 83.6 Å². The predicted octanol–water partition coefficient (Wildman–Crippen LogP) is 1.58. The number of nitrogens with two attached hydrogens (primary N) is 1. The van der Waals surface area contributed by atoms with E-state index in [1.807, 2.05) is 0 Å². The average Bonchev–Trinajstić information content (AvgIpc) is 2.02. The van der Waals surface area contributed by atoms with Gasteiger partial charge >= 0.3 is 7.60 Å². The van der Waals surface area contributed by atoms with E-state index in [1.54, 1.807) is 24.3 Å². The number of rotatable bonds is 2. The van der Waals surface area contributed by atoms with Crippen molar-refractivity contribution in [3.8, 4) is 0 Å². The van der Waals surface area contributed by atoms with Gasteiger partial charge in [0.2, 0.25) is 0 Å². The number of hydrogen-bond acceptors (Lipinski definition) is 2. The van der Waals surface area contributed by atoms with Crippen LogP contribution < -0.4 is 5.73 Å². The first-order chi connectivity index (χ1) is 5.93. The third-order valence-corrected chi connectivity index (χ3v) is 3.31. The molecule has 6 heteroatoms. The van der Waals surface area contributed by atoms with E-state index in [0.29, 0.717) is 10.0 Å². The molecule has 4 N–H and O–H groups in total. The van der Waals surface area contributed by atoms with Crippen molar-refractivity contribution in [1.29, 1.82) is 0 Å². The zero-order chi connectivity index (χ0) is 10.1. The van der Waals surface area contributed by atoms with Crippen molar-refractivity contribution in [2.75, 3.05) is 0 Å². The molecule has 0 aliphatic rings. The summed E-state index contributed by atoms with van der Waals surface area (Å²) in [6, 6.07) is 6.69. The van der Waals surface area contributed by atoms with Gasteiger partial charge in [-0.2, -0.15) is 0 Å². The molecule has 0 heterocycles. The highest BCUT2D eigenvalue weighted by atomic mass is 79.9. The molecule has 0 fully saturated rings. The minimum atomic E-state index is -4.26. The fourth-order valence-corrected chi connectivity index (χ4v) is 2.19. The second-order valence-electron chi connectivity index (χ2n) is 2.56. The second kappa shape index (κ2) is 3.90. The van der Waals surface area contributed by atoms with Crippen molar-refractivity contribution >= 4 is 23.5 Å². The Bertz CT molecular complexity index is 351. The number of halogens is 1. The summed E-state index contributed by atoms with van der Waals surface area (Å²) in [6.07, 6.45) is 0. The van der Waals surface area contributed by atoms with Gasteiger partial charge in [-0.25, -0.2) is 0 Å². The molecular formula is C7H9BrNO3P. The molecule has 1 rings (SSSR count). The van der Waals surface area contributed by atoms with Crippen molar-refractivity contribution in [1.82, 2.24) is 0 Å². The first kappa shape index (κ1) is 10.9. The van der Waals surface area contributed by atoms with Crippen LogP contribution in [0.3, 0.4) is 0 Å². The van der Waals surface area contributed by atoms with Crippen molar-refractivity contribution < 1.29 is 14.4 Å². The lowest BCUT2D eigenvalue weighted by atomic mass is 10.2. The Hall–Kier alpha value is -0.190. The molecule has 0 unspecified atom stereocenters. The monoisotopic (exact) mass is 265 g/mol. The van der Waals surface area contributed by atoms with Crippen molar-refractivity contribution in [2.45, 2.75) is 5.78 Å². The molecule has 72 valence electrons. The van der Waals surface area contributed by atoms with Gasteiger partial charge in [0.15, 0.2) is 0 Å². The van der Waals surface area contributed by atoms with E-state index in [0.717, 1.165) is 0 Å². The van der Waals surface area contributed by atoms with Crippen LogP contribution in [0.4, 0.5) is 0 Å². The highest BCUT2D eigenvalue weighted by Crippen LogP contribution is 2.49. The lowest BCUT2D eigenvalue weighted by Crippen LogP contribution is -2.10. The molecule has 1 aromatic rings. The average molecular weight is 266 g/mol. The van der Waals surface area contributed by atoms with Gasteiger partial charge in [-0.05, 0) is 11.6 Å². The Morgan fingerprint density at radius 2 is 1.92 bits per heavy atom. The molecule has 0 aliphatic heterocycles. The Morgan fingerprint density at radius 1 is 1.38 bits per heavy atom. The van der Waals surface area contributed by atoms with Crippen LogP contribution >= 0.6 is 23.5 Å². The van der Waals surface area contributed by atoms with Gasteiger partial charge in [0.1, 0.15) is 5.78 Å². The summed E-state index contributed by atoms with van der Waals surface area (Å²) >= 11 is 3.17. The SMILES string of the molecule is N[C@@H](c1ccccc1Br)P(=O)(O)O. The van der Waals surface area contributed by atoms with Crippen LogP contribution in [0.5, 0.6) is 0 Å². The van der Waals surface area contributed by atoms with Crippen LogP contribution in [-0.2, 0) is 4.57 Å². The molecular weight excluding hydrogens is 257 g/mol. The third kappa shape index (κ3) is 2.62. The molecule has 1 atom stereocenters. The van der Waals surface area contributed by atoms with Crippen LogP contribution in [-0.4, -0.2) is 9.79 Å². The smallest absolute Gasteiger partial charge is 0.323 e. The molecule has 0 spiro atoms. The minimum absolute atomic E-state index is 0.413. The minimum Gasteiger partial charge on any atom is -0.323 e. The van der Waals surface area contributed by atoms with Gasteiger partial charge in [-0.1, -0.05) is 34.1 Å². The molecule has 1 aromatic carbocycles. The Morgan fingerprint density at radius 3 is 2.38 bits per heavy atom. The lowest BCUT2D eigenvalue weighted by molar-refractivity contribution is 0.359. The van der Waals surface area contributed by atoms with Gasteiger partial charge in [-0.3, -0.25) is 4.57 Å². The van der Waals surface area contributed by atoms with E-state index in [1.165, 1.54) is 0 Å². The predicted molar refractivity (Wildman–Crippen MR) is 53.1 cm³/mol. The van der Waals surface area contributed by atoms with Crippen molar-refractivity contribution in [2.24, 2.45) is 5.73 Å². The molecule has 0 saturated carbocycles. The van der Waals surface area contributed by atoms with Crippen molar-refractivity contribution in [3.63, 3.8) is 0 Å². The second-order valence-corrected chi connectivity index (χ2v) is 5.14. The maximum atomic E-state index is 10.8. The first-order valence-corrected chi connectivity index (χ1v) is 5.95. The highest BCUT2D eigenvalue weighted by Gasteiger charge is 2.27. The molecule has 0 radical (unpaired) electrons. The van der Waals surface area contributed by atoms with E-state index in [9.17, 15) is 4.57 Å². The number of benzene rings is 1. The summed E-state index contributed by atoms with van der Waals surface area (Å²) in [5.74, 6) is -1.26. The fraction of sp³-hybridized carbons (Fsp3) is 0.143. The van der Waals surface area contributed by atoms with E-state index in [-0.39, 0.29) is 0 Å². The molecule has 13 heavy (non-hydrogen) atoms. The Labute approximate surface area is 84.1 Å². The number of hydrogen-bond donors (Lipinski definition) is 3. The maximum Gasteiger partial charge on any atom is 0.346 e. The lowest BCUT2D eigenvalue weighted by Gasteiger charge is -2.14. The van der Waals surface area contributed by atoms with Gasteiger partial charge < -0.3 is 15.5 Å². The van der Waals surface area contributed by atoms with Crippen LogP contribution in [0.1, 0.15) is 11.3 Å². The van der Waals surface area contributed by atoms with E-state index in [4.69, 9.17) is 15.5 Å². The summed E-state index contributed by atoms with van der Waals surface area (Å²) in [5.41, 5.74) is 5.79. The highest BCUT2D eigenvalue weighted by molar-refractivity contribution is 9.10. The molecule has 0 amide bonds. The molecule has 0 saturated heterocycles. The zero-order valence-corrected chi connectivity index (χ0v) is 9.07. The summed E-state index contributed by atoms with van der Waals surface area (Å²) in [6.45, 7) is 0.